The molecule has 0 spiro atoms. The molecule has 0 aromatic heterocycles. The third-order valence-electron chi connectivity index (χ3n) is 2.43. The van der Waals surface area contributed by atoms with Crippen molar-refractivity contribution in [3.05, 3.63) is 34.1 Å². The van der Waals surface area contributed by atoms with Gasteiger partial charge in [-0.05, 0) is 52.9 Å². The fraction of sp³-hybridized carbons (Fsp3) is 0.364. The SMILES string of the molecule is O=C(NCC1CC1)c1ccc(F)c(Br)c1. The number of carbonyl (C=O) groups is 1. The minimum absolute atomic E-state index is 0.136. The Morgan fingerprint density at radius 1 is 1.53 bits per heavy atom. The molecule has 0 unspecified atom stereocenters. The number of hydrogen-bond donors (Lipinski definition) is 1. The Morgan fingerprint density at radius 3 is 2.87 bits per heavy atom. The zero-order valence-corrected chi connectivity index (χ0v) is 9.68. The van der Waals surface area contributed by atoms with Crippen molar-refractivity contribution in [1.29, 1.82) is 0 Å². The molecule has 15 heavy (non-hydrogen) atoms. The van der Waals surface area contributed by atoms with E-state index in [0.29, 0.717) is 16.0 Å². The Balaban J connectivity index is 2.00. The molecule has 1 N–H and O–H groups in total. The van der Waals surface area contributed by atoms with Gasteiger partial charge in [0, 0.05) is 12.1 Å². The van der Waals surface area contributed by atoms with E-state index in [0.717, 1.165) is 6.54 Å². The van der Waals surface area contributed by atoms with Gasteiger partial charge >= 0.3 is 0 Å². The van der Waals surface area contributed by atoms with E-state index in [1.54, 1.807) is 0 Å². The summed E-state index contributed by atoms with van der Waals surface area (Å²) in [5.41, 5.74) is 0.490. The molecule has 1 amide bonds. The maximum absolute atomic E-state index is 12.9. The van der Waals surface area contributed by atoms with Gasteiger partial charge in [0.05, 0.1) is 4.47 Å². The fourth-order valence-electron chi connectivity index (χ4n) is 1.30. The molecule has 1 aliphatic rings. The quantitative estimate of drug-likeness (QED) is 0.900. The van der Waals surface area contributed by atoms with Crippen LogP contribution < -0.4 is 5.32 Å². The van der Waals surface area contributed by atoms with Crippen LogP contribution in [0, 0.1) is 11.7 Å². The summed E-state index contributed by atoms with van der Waals surface area (Å²) in [6, 6.07) is 4.27. The highest BCUT2D eigenvalue weighted by Gasteiger charge is 2.21. The first-order valence-electron chi connectivity index (χ1n) is 4.90. The van der Waals surface area contributed by atoms with Crippen LogP contribution >= 0.6 is 15.9 Å². The summed E-state index contributed by atoms with van der Waals surface area (Å²) in [5, 5.41) is 2.83. The van der Waals surface area contributed by atoms with Gasteiger partial charge in [-0.3, -0.25) is 4.79 Å². The van der Waals surface area contributed by atoms with E-state index in [4.69, 9.17) is 0 Å². The maximum atomic E-state index is 12.9. The number of hydrogen-bond acceptors (Lipinski definition) is 1. The molecule has 1 fully saturated rings. The van der Waals surface area contributed by atoms with Gasteiger partial charge in [-0.2, -0.15) is 0 Å². The fourth-order valence-corrected chi connectivity index (χ4v) is 1.68. The van der Waals surface area contributed by atoms with Crippen LogP contribution in [0.4, 0.5) is 4.39 Å². The smallest absolute Gasteiger partial charge is 0.251 e. The third-order valence-corrected chi connectivity index (χ3v) is 3.04. The van der Waals surface area contributed by atoms with E-state index in [-0.39, 0.29) is 11.7 Å². The molecule has 0 aliphatic heterocycles. The van der Waals surface area contributed by atoms with Crippen molar-refractivity contribution in [3.63, 3.8) is 0 Å². The van der Waals surface area contributed by atoms with Crippen LogP contribution in [-0.4, -0.2) is 12.5 Å². The zero-order chi connectivity index (χ0) is 10.8. The largest absolute Gasteiger partial charge is 0.352 e. The number of nitrogens with one attached hydrogen (secondary N) is 1. The van der Waals surface area contributed by atoms with Gasteiger partial charge in [-0.15, -0.1) is 0 Å². The molecule has 0 atom stereocenters. The molecule has 1 aromatic carbocycles. The van der Waals surface area contributed by atoms with Crippen molar-refractivity contribution in [2.24, 2.45) is 5.92 Å². The monoisotopic (exact) mass is 271 g/mol. The predicted octanol–water partition coefficient (Wildman–Crippen LogP) is 2.73. The van der Waals surface area contributed by atoms with Crippen LogP contribution in [0.5, 0.6) is 0 Å². The Bertz CT molecular complexity index is 390. The molecular weight excluding hydrogens is 261 g/mol. The van der Waals surface area contributed by atoms with Gasteiger partial charge in [0.1, 0.15) is 5.82 Å². The zero-order valence-electron chi connectivity index (χ0n) is 8.09. The molecule has 4 heteroatoms. The van der Waals surface area contributed by atoms with Crippen LogP contribution in [0.2, 0.25) is 0 Å². The number of benzene rings is 1. The van der Waals surface area contributed by atoms with Gasteiger partial charge in [-0.25, -0.2) is 4.39 Å². The Morgan fingerprint density at radius 2 is 2.27 bits per heavy atom. The molecule has 0 bridgehead atoms. The lowest BCUT2D eigenvalue weighted by atomic mass is 10.2. The summed E-state index contributed by atoms with van der Waals surface area (Å²) >= 11 is 3.05. The molecule has 80 valence electrons. The van der Waals surface area contributed by atoms with Gasteiger partial charge in [-0.1, -0.05) is 0 Å². The van der Waals surface area contributed by atoms with Crippen LogP contribution in [0.25, 0.3) is 0 Å². The van der Waals surface area contributed by atoms with Gasteiger partial charge in [0.15, 0.2) is 0 Å². The molecule has 2 nitrogen and oxygen atoms in total. The van der Waals surface area contributed by atoms with Crippen molar-refractivity contribution in [2.45, 2.75) is 12.8 Å². The second-order valence-electron chi connectivity index (χ2n) is 3.78. The number of carbonyl (C=O) groups excluding carboxylic acids is 1. The molecule has 1 saturated carbocycles. The van der Waals surface area contributed by atoms with Crippen molar-refractivity contribution < 1.29 is 9.18 Å². The predicted molar refractivity (Wildman–Crippen MR) is 59.2 cm³/mol. The number of amides is 1. The van der Waals surface area contributed by atoms with Gasteiger partial charge in [0.2, 0.25) is 0 Å². The lowest BCUT2D eigenvalue weighted by molar-refractivity contribution is 0.0951. The van der Waals surface area contributed by atoms with E-state index >= 15 is 0 Å². The number of rotatable bonds is 3. The Labute approximate surface area is 96.0 Å². The van der Waals surface area contributed by atoms with Crippen LogP contribution in [0.15, 0.2) is 22.7 Å². The lowest BCUT2D eigenvalue weighted by Crippen LogP contribution is -2.25. The minimum atomic E-state index is -0.353. The van der Waals surface area contributed by atoms with Crippen LogP contribution in [0.3, 0.4) is 0 Å². The summed E-state index contributed by atoms with van der Waals surface area (Å²) in [4.78, 5) is 11.6. The highest BCUT2D eigenvalue weighted by atomic mass is 79.9. The summed E-state index contributed by atoms with van der Waals surface area (Å²) < 4.78 is 13.2. The Hall–Kier alpha value is -0.900. The van der Waals surface area contributed by atoms with E-state index < -0.39 is 0 Å². The average molecular weight is 272 g/mol. The van der Waals surface area contributed by atoms with Crippen molar-refractivity contribution in [2.75, 3.05) is 6.54 Å². The molecule has 0 heterocycles. The van der Waals surface area contributed by atoms with Crippen molar-refractivity contribution in [1.82, 2.24) is 5.32 Å². The maximum Gasteiger partial charge on any atom is 0.251 e. The minimum Gasteiger partial charge on any atom is -0.352 e. The van der Waals surface area contributed by atoms with Gasteiger partial charge in [0.25, 0.3) is 5.91 Å². The first kappa shape index (κ1) is 10.6. The standard InChI is InChI=1S/C11H11BrFNO/c12-9-5-8(3-4-10(9)13)11(15)14-6-7-1-2-7/h3-5,7H,1-2,6H2,(H,14,15). The third kappa shape index (κ3) is 2.78. The van der Waals surface area contributed by atoms with E-state index in [1.807, 2.05) is 0 Å². The highest BCUT2D eigenvalue weighted by Crippen LogP contribution is 2.27. The molecular formula is C11H11BrFNO. The van der Waals surface area contributed by atoms with Gasteiger partial charge < -0.3 is 5.32 Å². The van der Waals surface area contributed by atoms with Crippen molar-refractivity contribution >= 4 is 21.8 Å². The Kier molecular flexibility index (Phi) is 3.05. The second-order valence-corrected chi connectivity index (χ2v) is 4.64. The molecule has 0 radical (unpaired) electrons. The number of halogens is 2. The van der Waals surface area contributed by atoms with Crippen molar-refractivity contribution in [3.8, 4) is 0 Å². The molecule has 0 saturated heterocycles. The molecule has 1 aromatic rings. The van der Waals surface area contributed by atoms with E-state index in [1.165, 1.54) is 31.0 Å². The first-order chi connectivity index (χ1) is 7.16. The summed E-state index contributed by atoms with van der Waals surface area (Å²) in [7, 11) is 0. The summed E-state index contributed by atoms with van der Waals surface area (Å²) in [6.45, 7) is 0.730. The van der Waals surface area contributed by atoms with E-state index in [2.05, 4.69) is 21.2 Å². The molecule has 2 rings (SSSR count). The average Bonchev–Trinajstić information content (AvgIpc) is 3.02. The second kappa shape index (κ2) is 4.31. The first-order valence-corrected chi connectivity index (χ1v) is 5.69. The van der Waals surface area contributed by atoms with Crippen LogP contribution in [0.1, 0.15) is 23.2 Å². The molecule has 1 aliphatic carbocycles. The summed E-state index contributed by atoms with van der Waals surface area (Å²) in [5.74, 6) is 0.161. The highest BCUT2D eigenvalue weighted by molar-refractivity contribution is 9.10. The lowest BCUT2D eigenvalue weighted by Gasteiger charge is -2.04. The van der Waals surface area contributed by atoms with E-state index in [9.17, 15) is 9.18 Å². The summed E-state index contributed by atoms with van der Waals surface area (Å²) in [6.07, 6.45) is 2.40. The topological polar surface area (TPSA) is 29.1 Å². The normalized spacial score (nSPS) is 15.1. The van der Waals surface area contributed by atoms with Crippen LogP contribution in [-0.2, 0) is 0 Å².